The van der Waals surface area contributed by atoms with Gasteiger partial charge in [0, 0.05) is 32.2 Å². The number of carbonyl (C=O) groups is 1. The molecule has 1 amide bonds. The molecule has 0 spiro atoms. The van der Waals surface area contributed by atoms with Crippen molar-refractivity contribution in [3.8, 4) is 0 Å². The van der Waals surface area contributed by atoms with Crippen molar-refractivity contribution in [2.45, 2.75) is 6.10 Å². The Balaban J connectivity index is 1.99. The first-order valence-corrected chi connectivity index (χ1v) is 6.48. The van der Waals surface area contributed by atoms with E-state index in [1.54, 1.807) is 7.05 Å². The Morgan fingerprint density at radius 2 is 2.42 bits per heavy atom. The second kappa shape index (κ2) is 6.32. The molecule has 1 aromatic rings. The van der Waals surface area contributed by atoms with E-state index in [0.29, 0.717) is 19.7 Å². The first-order chi connectivity index (χ1) is 9.08. The van der Waals surface area contributed by atoms with Gasteiger partial charge < -0.3 is 15.0 Å². The Bertz CT molecular complexity index is 464. The molecule has 1 unspecified atom stereocenters. The van der Waals surface area contributed by atoms with Crippen LogP contribution in [0.25, 0.3) is 0 Å². The Labute approximate surface area is 116 Å². The van der Waals surface area contributed by atoms with Gasteiger partial charge in [0.2, 0.25) is 0 Å². The van der Waals surface area contributed by atoms with E-state index in [9.17, 15) is 9.18 Å². The number of halogens is 2. The Morgan fingerprint density at radius 3 is 3.05 bits per heavy atom. The molecule has 0 aliphatic carbocycles. The normalized spacial score (nSPS) is 19.2. The fraction of sp³-hybridized carbons (Fsp3) is 0.462. The topological polar surface area (TPSA) is 41.6 Å². The van der Waals surface area contributed by atoms with E-state index in [2.05, 4.69) is 5.32 Å². The van der Waals surface area contributed by atoms with Gasteiger partial charge in [0.15, 0.2) is 0 Å². The zero-order chi connectivity index (χ0) is 13.8. The highest BCUT2D eigenvalue weighted by Gasteiger charge is 2.20. The molecule has 1 fully saturated rings. The third-order valence-corrected chi connectivity index (χ3v) is 3.30. The number of morpholine rings is 1. The van der Waals surface area contributed by atoms with Crippen molar-refractivity contribution >= 4 is 17.5 Å². The van der Waals surface area contributed by atoms with Crippen LogP contribution < -0.4 is 5.32 Å². The Kier molecular flexibility index (Phi) is 4.74. The number of hydrogen-bond donors (Lipinski definition) is 1. The summed E-state index contributed by atoms with van der Waals surface area (Å²) < 4.78 is 18.9. The van der Waals surface area contributed by atoms with Crippen LogP contribution in [0, 0.1) is 5.82 Å². The molecule has 0 bridgehead atoms. The third kappa shape index (κ3) is 3.65. The molecule has 2 rings (SSSR count). The van der Waals surface area contributed by atoms with Gasteiger partial charge in [0.25, 0.3) is 5.91 Å². The maximum Gasteiger partial charge on any atom is 0.253 e. The zero-order valence-electron chi connectivity index (χ0n) is 10.7. The number of nitrogens with zero attached hydrogens (tertiary/aromatic N) is 1. The average Bonchev–Trinajstić information content (AvgIpc) is 2.42. The summed E-state index contributed by atoms with van der Waals surface area (Å²) in [5.74, 6) is -0.832. The molecule has 1 aliphatic heterocycles. The molecule has 1 heterocycles. The molecule has 19 heavy (non-hydrogen) atoms. The lowest BCUT2D eigenvalue weighted by atomic mass is 10.2. The van der Waals surface area contributed by atoms with Crippen molar-refractivity contribution in [3.05, 3.63) is 34.6 Å². The number of nitrogens with one attached hydrogen (secondary N) is 1. The second-order valence-corrected chi connectivity index (χ2v) is 4.92. The van der Waals surface area contributed by atoms with Gasteiger partial charge >= 0.3 is 0 Å². The average molecular weight is 287 g/mol. The number of rotatable bonds is 3. The van der Waals surface area contributed by atoms with E-state index in [4.69, 9.17) is 16.3 Å². The van der Waals surface area contributed by atoms with E-state index < -0.39 is 5.82 Å². The molecule has 1 N–H and O–H groups in total. The van der Waals surface area contributed by atoms with E-state index in [1.807, 2.05) is 0 Å². The molecule has 1 saturated heterocycles. The molecule has 6 heteroatoms. The van der Waals surface area contributed by atoms with Gasteiger partial charge in [-0.25, -0.2) is 4.39 Å². The third-order valence-electron chi connectivity index (χ3n) is 3.00. The van der Waals surface area contributed by atoms with Crippen molar-refractivity contribution < 1.29 is 13.9 Å². The van der Waals surface area contributed by atoms with Crippen molar-refractivity contribution in [2.75, 3.05) is 33.3 Å². The van der Waals surface area contributed by atoms with Gasteiger partial charge in [-0.05, 0) is 18.2 Å². The van der Waals surface area contributed by atoms with Crippen LogP contribution >= 0.6 is 11.6 Å². The maximum atomic E-state index is 13.3. The van der Waals surface area contributed by atoms with Gasteiger partial charge in [-0.3, -0.25) is 4.79 Å². The minimum Gasteiger partial charge on any atom is -0.374 e. The molecule has 104 valence electrons. The van der Waals surface area contributed by atoms with E-state index in [0.717, 1.165) is 12.6 Å². The molecular formula is C13H16ClFN2O2. The summed E-state index contributed by atoms with van der Waals surface area (Å²) in [5, 5.41) is 3.21. The van der Waals surface area contributed by atoms with Crippen LogP contribution in [0.4, 0.5) is 4.39 Å². The van der Waals surface area contributed by atoms with Gasteiger partial charge in [-0.15, -0.1) is 0 Å². The smallest absolute Gasteiger partial charge is 0.253 e. The summed E-state index contributed by atoms with van der Waals surface area (Å²) in [5.41, 5.74) is 0.285. The number of hydrogen-bond acceptors (Lipinski definition) is 3. The lowest BCUT2D eigenvalue weighted by Gasteiger charge is -2.28. The molecule has 1 aromatic carbocycles. The monoisotopic (exact) mass is 286 g/mol. The first-order valence-electron chi connectivity index (χ1n) is 6.11. The minimum absolute atomic E-state index is 0.0130. The predicted molar refractivity (Wildman–Crippen MR) is 71.0 cm³/mol. The summed E-state index contributed by atoms with van der Waals surface area (Å²) in [6.07, 6.45) is -0.0279. The summed E-state index contributed by atoms with van der Waals surface area (Å²) >= 11 is 5.59. The van der Waals surface area contributed by atoms with Crippen LogP contribution in [-0.4, -0.2) is 50.2 Å². The molecular weight excluding hydrogens is 271 g/mol. The van der Waals surface area contributed by atoms with E-state index in [-0.39, 0.29) is 22.6 Å². The molecule has 0 radical (unpaired) electrons. The summed E-state index contributed by atoms with van der Waals surface area (Å²) in [7, 11) is 1.67. The van der Waals surface area contributed by atoms with Crippen molar-refractivity contribution in [2.24, 2.45) is 0 Å². The van der Waals surface area contributed by atoms with Gasteiger partial charge in [-0.2, -0.15) is 0 Å². The Morgan fingerprint density at radius 1 is 1.63 bits per heavy atom. The highest BCUT2D eigenvalue weighted by atomic mass is 35.5. The van der Waals surface area contributed by atoms with Crippen LogP contribution in [-0.2, 0) is 4.74 Å². The van der Waals surface area contributed by atoms with Gasteiger partial charge in [0.1, 0.15) is 5.82 Å². The number of carbonyl (C=O) groups excluding carboxylic acids is 1. The summed E-state index contributed by atoms with van der Waals surface area (Å²) in [6, 6.07) is 4.06. The summed E-state index contributed by atoms with van der Waals surface area (Å²) in [6.45, 7) is 2.65. The van der Waals surface area contributed by atoms with Gasteiger partial charge in [-0.1, -0.05) is 11.6 Å². The highest BCUT2D eigenvalue weighted by Crippen LogP contribution is 2.16. The maximum absolute atomic E-state index is 13.3. The molecule has 1 aliphatic rings. The second-order valence-electron chi connectivity index (χ2n) is 4.51. The van der Waals surface area contributed by atoms with Crippen molar-refractivity contribution in [1.82, 2.24) is 10.2 Å². The standard InChI is InChI=1S/C13H16ClFN2O2/c1-17(8-10-7-16-4-5-19-10)13(18)9-2-3-11(14)12(15)6-9/h2-3,6,10,16H,4-5,7-8H2,1H3. The van der Waals surface area contributed by atoms with Crippen LogP contribution in [0.2, 0.25) is 5.02 Å². The highest BCUT2D eigenvalue weighted by molar-refractivity contribution is 6.30. The lowest BCUT2D eigenvalue weighted by molar-refractivity contribution is 0.0104. The minimum atomic E-state index is -0.587. The summed E-state index contributed by atoms with van der Waals surface area (Å²) in [4.78, 5) is 13.7. The van der Waals surface area contributed by atoms with Crippen LogP contribution in [0.5, 0.6) is 0 Å². The number of ether oxygens (including phenoxy) is 1. The molecule has 0 aromatic heterocycles. The SMILES string of the molecule is CN(CC1CNCCO1)C(=O)c1ccc(Cl)c(F)c1. The fourth-order valence-corrected chi connectivity index (χ4v) is 2.09. The number of likely N-dealkylation sites (N-methyl/N-ethyl adjacent to an activating group) is 1. The molecule has 0 saturated carbocycles. The first kappa shape index (κ1) is 14.2. The molecule has 4 nitrogen and oxygen atoms in total. The van der Waals surface area contributed by atoms with Crippen molar-refractivity contribution in [1.29, 1.82) is 0 Å². The fourth-order valence-electron chi connectivity index (χ4n) is 1.97. The number of amides is 1. The van der Waals surface area contributed by atoms with Crippen LogP contribution in [0.3, 0.4) is 0 Å². The largest absolute Gasteiger partial charge is 0.374 e. The van der Waals surface area contributed by atoms with Crippen molar-refractivity contribution in [3.63, 3.8) is 0 Å². The van der Waals surface area contributed by atoms with E-state index >= 15 is 0 Å². The lowest BCUT2D eigenvalue weighted by Crippen LogP contribution is -2.45. The zero-order valence-corrected chi connectivity index (χ0v) is 11.4. The number of benzene rings is 1. The van der Waals surface area contributed by atoms with Crippen LogP contribution in [0.1, 0.15) is 10.4 Å². The molecule has 1 atom stereocenters. The quantitative estimate of drug-likeness (QED) is 0.916. The van der Waals surface area contributed by atoms with Crippen LogP contribution in [0.15, 0.2) is 18.2 Å². The van der Waals surface area contributed by atoms with E-state index in [1.165, 1.54) is 17.0 Å². The predicted octanol–water partition coefficient (Wildman–Crippen LogP) is 1.54. The van der Waals surface area contributed by atoms with Gasteiger partial charge in [0.05, 0.1) is 17.7 Å². The Hall–Kier alpha value is -1.17.